The number of aromatic nitrogens is 2. The molecule has 0 spiro atoms. The van der Waals surface area contributed by atoms with Gasteiger partial charge in [0.1, 0.15) is 29.1 Å². The van der Waals surface area contributed by atoms with Gasteiger partial charge in [-0.05, 0) is 37.0 Å². The van der Waals surface area contributed by atoms with Gasteiger partial charge in [-0.1, -0.05) is 30.3 Å². The standard InChI is InChI=1S/C29H29F2N5O3/c30-23-13-21(18-4-2-1-3-5-18)26(38)12-20(23)15-35-11-9-29(8-10-32,27(31)17-35)36-16-22(28(33)39)24(34-36)14-25(37)19-6-7-19/h1-5,12-13,16,19,27,38H,6-9,11,14-15,17H2,(H2,33,39). The number of rotatable bonds is 9. The highest BCUT2D eigenvalue weighted by Crippen LogP contribution is 2.38. The summed E-state index contributed by atoms with van der Waals surface area (Å²) in [6.07, 6.45) is 1.25. The Kier molecular flexibility index (Phi) is 7.19. The van der Waals surface area contributed by atoms with Crippen LogP contribution in [0.2, 0.25) is 0 Å². The number of likely N-dealkylation sites (tertiary alicyclic amines) is 1. The summed E-state index contributed by atoms with van der Waals surface area (Å²) in [7, 11) is 0. The van der Waals surface area contributed by atoms with E-state index in [4.69, 9.17) is 5.73 Å². The Labute approximate surface area is 224 Å². The van der Waals surface area contributed by atoms with Gasteiger partial charge in [0, 0.05) is 42.9 Å². The zero-order valence-corrected chi connectivity index (χ0v) is 21.3. The first-order valence-corrected chi connectivity index (χ1v) is 12.9. The SMILES string of the molecule is N#CCC1(n2cc(C(N)=O)c(CC(=O)C3CC3)n2)CCN(Cc2cc(O)c(-c3ccccc3)cc2F)CC1F. The first-order chi connectivity index (χ1) is 18.7. The molecule has 0 radical (unpaired) electrons. The maximum atomic E-state index is 16.0. The molecule has 8 nitrogen and oxygen atoms in total. The molecule has 39 heavy (non-hydrogen) atoms. The third-order valence-corrected chi connectivity index (χ3v) is 7.78. The quantitative estimate of drug-likeness (QED) is 0.430. The number of hydrogen-bond acceptors (Lipinski definition) is 6. The van der Waals surface area contributed by atoms with Crippen LogP contribution in [0.5, 0.6) is 5.75 Å². The molecular weight excluding hydrogens is 504 g/mol. The number of aromatic hydroxyl groups is 1. The first kappa shape index (κ1) is 26.5. The van der Waals surface area contributed by atoms with Crippen molar-refractivity contribution < 1.29 is 23.5 Å². The molecule has 1 aliphatic carbocycles. The largest absolute Gasteiger partial charge is 0.507 e. The number of alkyl halides is 1. The van der Waals surface area contributed by atoms with Gasteiger partial charge in [-0.15, -0.1) is 0 Å². The molecular formula is C29H29F2N5O3. The zero-order chi connectivity index (χ0) is 27.7. The number of primary amides is 1. The minimum Gasteiger partial charge on any atom is -0.507 e. The van der Waals surface area contributed by atoms with E-state index in [1.807, 2.05) is 12.1 Å². The molecule has 3 N–H and O–H groups in total. The van der Waals surface area contributed by atoms with E-state index in [0.717, 1.165) is 12.8 Å². The highest BCUT2D eigenvalue weighted by molar-refractivity contribution is 5.95. The number of nitrogens with zero attached hydrogens (tertiary/aromatic N) is 4. The fourth-order valence-corrected chi connectivity index (χ4v) is 5.32. The number of halogens is 2. The van der Waals surface area contributed by atoms with Crippen LogP contribution in [-0.2, 0) is 23.3 Å². The summed E-state index contributed by atoms with van der Waals surface area (Å²) in [5.41, 5.74) is 5.68. The van der Waals surface area contributed by atoms with E-state index in [2.05, 4.69) is 5.10 Å². The van der Waals surface area contributed by atoms with Crippen molar-refractivity contribution in [1.29, 1.82) is 5.26 Å². The molecule has 1 saturated carbocycles. The van der Waals surface area contributed by atoms with Gasteiger partial charge in [0.2, 0.25) is 0 Å². The first-order valence-electron chi connectivity index (χ1n) is 12.9. The van der Waals surface area contributed by atoms with E-state index in [1.165, 1.54) is 23.0 Å². The molecule has 2 fully saturated rings. The normalized spacial score (nSPS) is 21.4. The van der Waals surface area contributed by atoms with Gasteiger partial charge in [0.05, 0.1) is 30.2 Å². The van der Waals surface area contributed by atoms with Gasteiger partial charge >= 0.3 is 0 Å². The van der Waals surface area contributed by atoms with Crippen molar-refractivity contribution >= 4 is 11.7 Å². The van der Waals surface area contributed by atoms with Gasteiger partial charge in [-0.25, -0.2) is 8.78 Å². The van der Waals surface area contributed by atoms with Crippen LogP contribution in [0.25, 0.3) is 11.1 Å². The van der Waals surface area contributed by atoms with E-state index in [0.29, 0.717) is 17.7 Å². The molecule has 5 rings (SSSR count). The summed E-state index contributed by atoms with van der Waals surface area (Å²) in [4.78, 5) is 26.2. The number of nitriles is 1. The number of amides is 1. The molecule has 2 heterocycles. The summed E-state index contributed by atoms with van der Waals surface area (Å²) in [6, 6.07) is 13.6. The average molecular weight is 534 g/mol. The van der Waals surface area contributed by atoms with Crippen LogP contribution in [0.15, 0.2) is 48.7 Å². The lowest BCUT2D eigenvalue weighted by Crippen LogP contribution is -2.54. The molecule has 202 valence electrons. The number of carbonyl (C=O) groups is 2. The second kappa shape index (κ2) is 10.6. The molecule has 10 heteroatoms. The van der Waals surface area contributed by atoms with Crippen molar-refractivity contribution in [2.24, 2.45) is 11.7 Å². The summed E-state index contributed by atoms with van der Waals surface area (Å²) in [6.45, 7) is 0.250. The minimum atomic E-state index is -1.58. The number of benzene rings is 2. The highest BCUT2D eigenvalue weighted by Gasteiger charge is 2.47. The molecule has 2 aromatic carbocycles. The minimum absolute atomic E-state index is 0.0349. The Morgan fingerprint density at radius 3 is 2.62 bits per heavy atom. The van der Waals surface area contributed by atoms with Crippen LogP contribution in [0.1, 0.15) is 47.3 Å². The highest BCUT2D eigenvalue weighted by atomic mass is 19.1. The van der Waals surface area contributed by atoms with Gasteiger partial charge in [-0.3, -0.25) is 19.2 Å². The lowest BCUT2D eigenvalue weighted by atomic mass is 9.83. The monoisotopic (exact) mass is 533 g/mol. The molecule has 2 unspecified atom stereocenters. The Balaban J connectivity index is 1.36. The lowest BCUT2D eigenvalue weighted by Gasteiger charge is -2.43. The van der Waals surface area contributed by atoms with Crippen LogP contribution in [0.3, 0.4) is 0 Å². The van der Waals surface area contributed by atoms with E-state index in [9.17, 15) is 20.0 Å². The molecule has 1 aromatic heterocycles. The second-order valence-electron chi connectivity index (χ2n) is 10.4. The van der Waals surface area contributed by atoms with Gasteiger partial charge < -0.3 is 10.8 Å². The Bertz CT molecular complexity index is 1450. The second-order valence-corrected chi connectivity index (χ2v) is 10.4. The van der Waals surface area contributed by atoms with Gasteiger partial charge in [0.25, 0.3) is 5.91 Å². The van der Waals surface area contributed by atoms with Crippen molar-refractivity contribution in [2.45, 2.75) is 50.4 Å². The van der Waals surface area contributed by atoms with Crippen LogP contribution < -0.4 is 5.73 Å². The predicted octanol–water partition coefficient (Wildman–Crippen LogP) is 3.87. The van der Waals surface area contributed by atoms with Gasteiger partial charge in [0.15, 0.2) is 0 Å². The van der Waals surface area contributed by atoms with Gasteiger partial charge in [-0.2, -0.15) is 10.4 Å². The number of Topliss-reactive ketones (excluding diaryl/α,β-unsaturated/α-hetero) is 1. The molecule has 0 bridgehead atoms. The summed E-state index contributed by atoms with van der Waals surface area (Å²) in [5.74, 6) is -1.43. The average Bonchev–Trinajstić information content (AvgIpc) is 3.68. The lowest BCUT2D eigenvalue weighted by molar-refractivity contribution is -0.119. The maximum Gasteiger partial charge on any atom is 0.252 e. The smallest absolute Gasteiger partial charge is 0.252 e. The number of nitrogens with two attached hydrogens (primary N) is 1. The fourth-order valence-electron chi connectivity index (χ4n) is 5.32. The molecule has 1 saturated heterocycles. The molecule has 1 aliphatic heterocycles. The van der Waals surface area contributed by atoms with E-state index in [1.54, 1.807) is 29.2 Å². The van der Waals surface area contributed by atoms with E-state index < -0.39 is 23.4 Å². The molecule has 2 atom stereocenters. The van der Waals surface area contributed by atoms with E-state index >= 15 is 8.78 Å². The fraction of sp³-hybridized carbons (Fsp3) is 0.379. The predicted molar refractivity (Wildman–Crippen MR) is 139 cm³/mol. The van der Waals surface area contributed by atoms with Crippen molar-refractivity contribution in [2.75, 3.05) is 13.1 Å². The Morgan fingerprint density at radius 2 is 1.97 bits per heavy atom. The number of hydrogen-bond donors (Lipinski definition) is 2. The number of phenols is 1. The zero-order valence-electron chi connectivity index (χ0n) is 21.3. The van der Waals surface area contributed by atoms with Crippen LogP contribution in [0.4, 0.5) is 8.78 Å². The van der Waals surface area contributed by atoms with Crippen molar-refractivity contribution in [3.05, 3.63) is 71.3 Å². The van der Waals surface area contributed by atoms with Crippen molar-refractivity contribution in [3.8, 4) is 22.9 Å². The Morgan fingerprint density at radius 1 is 1.23 bits per heavy atom. The summed E-state index contributed by atoms with van der Waals surface area (Å²) in [5, 5.41) is 24.5. The third kappa shape index (κ3) is 5.27. The number of phenolic OH excluding ortho intramolecular Hbond substituents is 1. The Hall–Kier alpha value is -4.10. The molecule has 2 aliphatic rings. The van der Waals surface area contributed by atoms with Crippen LogP contribution in [-0.4, -0.2) is 50.7 Å². The summed E-state index contributed by atoms with van der Waals surface area (Å²) < 4.78 is 32.3. The third-order valence-electron chi connectivity index (χ3n) is 7.78. The van der Waals surface area contributed by atoms with E-state index in [-0.39, 0.29) is 66.6 Å². The number of carbonyl (C=O) groups excluding carboxylic acids is 2. The topological polar surface area (TPSA) is 125 Å². The molecule has 3 aromatic rings. The summed E-state index contributed by atoms with van der Waals surface area (Å²) >= 11 is 0. The van der Waals surface area contributed by atoms with Crippen LogP contribution in [0, 0.1) is 23.1 Å². The van der Waals surface area contributed by atoms with Crippen molar-refractivity contribution in [3.63, 3.8) is 0 Å². The van der Waals surface area contributed by atoms with Crippen LogP contribution >= 0.6 is 0 Å². The molecule has 1 amide bonds. The number of piperidine rings is 1. The number of ketones is 1. The van der Waals surface area contributed by atoms with Crippen molar-refractivity contribution in [1.82, 2.24) is 14.7 Å². The maximum absolute atomic E-state index is 16.0.